The predicted molar refractivity (Wildman–Crippen MR) is 131 cm³/mol. The predicted octanol–water partition coefficient (Wildman–Crippen LogP) is 6.11. The smallest absolute Gasteiger partial charge is 0.490 e. The number of amides is 2. The van der Waals surface area contributed by atoms with Gasteiger partial charge in [-0.2, -0.15) is 0 Å². The van der Waals surface area contributed by atoms with E-state index in [1.165, 1.54) is 31.4 Å². The number of nitrogens with zero attached hydrogens (tertiary/aromatic N) is 1. The van der Waals surface area contributed by atoms with Crippen molar-refractivity contribution >= 4 is 17.7 Å². The molecule has 7 nitrogen and oxygen atoms in total. The quantitative estimate of drug-likeness (QED) is 0.429. The van der Waals surface area contributed by atoms with E-state index in [0.717, 1.165) is 0 Å². The zero-order chi connectivity index (χ0) is 26.4. The minimum Gasteiger partial charge on any atom is -0.490 e. The minimum absolute atomic E-state index is 0.0723. The topological polar surface area (TPSA) is 77.1 Å². The number of carbonyl (C=O) groups excluding carboxylic acids is 2. The standard InChI is InChI=1S/C27H25F3N2O5/c1-35-26(34)32-15-13-20(14-16-32)36-22-6-4-5-19(17-22)31-25(33)24-8-3-2-7-23(24)18-9-11-21(12-10-18)37-27(28,29)30/h2-12,17,20H,13-16H2,1H3,(H,31,33). The average molecular weight is 515 g/mol. The van der Waals surface area contributed by atoms with Gasteiger partial charge in [0.05, 0.1) is 7.11 Å². The molecule has 4 rings (SSSR count). The van der Waals surface area contributed by atoms with Gasteiger partial charge in [-0.1, -0.05) is 36.4 Å². The number of hydrogen-bond donors (Lipinski definition) is 1. The highest BCUT2D eigenvalue weighted by atomic mass is 19.4. The fourth-order valence-electron chi connectivity index (χ4n) is 4.09. The van der Waals surface area contributed by atoms with Gasteiger partial charge < -0.3 is 24.4 Å². The summed E-state index contributed by atoms with van der Waals surface area (Å²) in [4.78, 5) is 26.4. The van der Waals surface area contributed by atoms with Crippen LogP contribution < -0.4 is 14.8 Å². The molecule has 10 heteroatoms. The van der Waals surface area contributed by atoms with E-state index in [-0.39, 0.29) is 23.9 Å². The van der Waals surface area contributed by atoms with Crippen LogP contribution in [-0.2, 0) is 4.74 Å². The first-order valence-corrected chi connectivity index (χ1v) is 11.6. The van der Waals surface area contributed by atoms with E-state index in [4.69, 9.17) is 9.47 Å². The Labute approximate surface area is 211 Å². The minimum atomic E-state index is -4.78. The van der Waals surface area contributed by atoms with Crippen molar-refractivity contribution in [3.63, 3.8) is 0 Å². The molecule has 0 aliphatic carbocycles. The SMILES string of the molecule is COC(=O)N1CCC(Oc2cccc(NC(=O)c3ccccc3-c3ccc(OC(F)(F)F)cc3)c2)CC1. The molecule has 1 aliphatic heterocycles. The summed E-state index contributed by atoms with van der Waals surface area (Å²) in [6.07, 6.45) is -3.89. The first-order chi connectivity index (χ1) is 17.7. The van der Waals surface area contributed by atoms with E-state index in [0.29, 0.717) is 54.1 Å². The van der Waals surface area contributed by atoms with Crippen LogP contribution in [0.1, 0.15) is 23.2 Å². The average Bonchev–Trinajstić information content (AvgIpc) is 2.88. The number of methoxy groups -OCH3 is 1. The molecule has 1 heterocycles. The second-order valence-electron chi connectivity index (χ2n) is 8.37. The number of benzene rings is 3. The molecule has 0 bridgehead atoms. The summed E-state index contributed by atoms with van der Waals surface area (Å²) < 4.78 is 52.1. The van der Waals surface area contributed by atoms with Crippen LogP contribution in [0.4, 0.5) is 23.7 Å². The third kappa shape index (κ3) is 6.93. The van der Waals surface area contributed by atoms with Gasteiger partial charge in [-0.15, -0.1) is 13.2 Å². The Morgan fingerprint density at radius 1 is 0.919 bits per heavy atom. The third-order valence-corrected chi connectivity index (χ3v) is 5.84. The van der Waals surface area contributed by atoms with Gasteiger partial charge in [-0.25, -0.2) is 4.79 Å². The molecule has 37 heavy (non-hydrogen) atoms. The Bertz CT molecular complexity index is 1240. The molecule has 0 saturated carbocycles. The molecule has 1 fully saturated rings. The molecule has 0 spiro atoms. The molecule has 3 aromatic rings. The highest BCUT2D eigenvalue weighted by molar-refractivity contribution is 6.08. The lowest BCUT2D eigenvalue weighted by Gasteiger charge is -2.31. The van der Waals surface area contributed by atoms with Gasteiger partial charge >= 0.3 is 12.5 Å². The second kappa shape index (κ2) is 11.2. The zero-order valence-corrected chi connectivity index (χ0v) is 20.0. The number of alkyl halides is 3. The molecule has 0 atom stereocenters. The van der Waals surface area contributed by atoms with Crippen molar-refractivity contribution in [3.05, 3.63) is 78.4 Å². The van der Waals surface area contributed by atoms with E-state index in [2.05, 4.69) is 10.1 Å². The molecule has 1 N–H and O–H groups in total. The van der Waals surface area contributed by atoms with Crippen molar-refractivity contribution in [1.82, 2.24) is 4.90 Å². The van der Waals surface area contributed by atoms with Gasteiger partial charge in [0, 0.05) is 43.2 Å². The van der Waals surface area contributed by atoms with Gasteiger partial charge in [0.15, 0.2) is 0 Å². The van der Waals surface area contributed by atoms with Crippen LogP contribution in [0.25, 0.3) is 11.1 Å². The monoisotopic (exact) mass is 514 g/mol. The Morgan fingerprint density at radius 2 is 1.62 bits per heavy atom. The van der Waals surface area contributed by atoms with Crippen molar-refractivity contribution in [2.75, 3.05) is 25.5 Å². The van der Waals surface area contributed by atoms with Gasteiger partial charge in [-0.05, 0) is 41.5 Å². The Morgan fingerprint density at radius 3 is 2.30 bits per heavy atom. The maximum atomic E-state index is 13.1. The maximum absolute atomic E-state index is 13.1. The number of rotatable bonds is 6. The fourth-order valence-corrected chi connectivity index (χ4v) is 4.09. The Hall–Kier alpha value is -4.21. The lowest BCUT2D eigenvalue weighted by Crippen LogP contribution is -2.41. The van der Waals surface area contributed by atoms with E-state index >= 15 is 0 Å². The van der Waals surface area contributed by atoms with Crippen molar-refractivity contribution in [2.24, 2.45) is 0 Å². The largest absolute Gasteiger partial charge is 0.573 e. The lowest BCUT2D eigenvalue weighted by atomic mass is 9.99. The summed E-state index contributed by atoms with van der Waals surface area (Å²) in [5.74, 6) is -0.136. The van der Waals surface area contributed by atoms with Crippen LogP contribution in [0.3, 0.4) is 0 Å². The van der Waals surface area contributed by atoms with Crippen LogP contribution in [0.2, 0.25) is 0 Å². The normalized spacial score (nSPS) is 14.1. The van der Waals surface area contributed by atoms with Crippen molar-refractivity contribution in [1.29, 1.82) is 0 Å². The number of ether oxygens (including phenoxy) is 3. The Balaban J connectivity index is 1.42. The van der Waals surface area contributed by atoms with Crippen LogP contribution in [0, 0.1) is 0 Å². The molecule has 194 valence electrons. The lowest BCUT2D eigenvalue weighted by molar-refractivity contribution is -0.274. The van der Waals surface area contributed by atoms with Crippen LogP contribution in [0.15, 0.2) is 72.8 Å². The number of nitrogens with one attached hydrogen (secondary N) is 1. The van der Waals surface area contributed by atoms with Crippen LogP contribution in [0.5, 0.6) is 11.5 Å². The molecule has 2 amide bonds. The third-order valence-electron chi connectivity index (χ3n) is 5.84. The highest BCUT2D eigenvalue weighted by Gasteiger charge is 2.31. The van der Waals surface area contributed by atoms with E-state index < -0.39 is 6.36 Å². The first-order valence-electron chi connectivity index (χ1n) is 11.6. The number of hydrogen-bond acceptors (Lipinski definition) is 5. The summed E-state index contributed by atoms with van der Waals surface area (Å²) in [6.45, 7) is 1.07. The number of anilines is 1. The summed E-state index contributed by atoms with van der Waals surface area (Å²) in [5, 5.41) is 2.86. The highest BCUT2D eigenvalue weighted by Crippen LogP contribution is 2.29. The van der Waals surface area contributed by atoms with Crippen LogP contribution in [-0.4, -0.2) is 49.6 Å². The molecule has 0 unspecified atom stereocenters. The summed E-state index contributed by atoms with van der Waals surface area (Å²) in [6, 6.07) is 19.1. The fraction of sp³-hybridized carbons (Fsp3) is 0.259. The number of carbonyl (C=O) groups is 2. The number of likely N-dealkylation sites (tertiary alicyclic amines) is 1. The molecule has 3 aromatic carbocycles. The van der Waals surface area contributed by atoms with Gasteiger partial charge in [0.2, 0.25) is 0 Å². The summed E-state index contributed by atoms with van der Waals surface area (Å²) in [5.41, 5.74) is 2.01. The van der Waals surface area contributed by atoms with Gasteiger partial charge in [0.1, 0.15) is 17.6 Å². The van der Waals surface area contributed by atoms with E-state index in [1.54, 1.807) is 53.4 Å². The molecular formula is C27H25F3N2O5. The summed E-state index contributed by atoms with van der Waals surface area (Å²) in [7, 11) is 1.35. The number of halogens is 3. The van der Waals surface area contributed by atoms with E-state index in [1.807, 2.05) is 0 Å². The molecule has 0 aromatic heterocycles. The van der Waals surface area contributed by atoms with Gasteiger partial charge in [-0.3, -0.25) is 4.79 Å². The van der Waals surface area contributed by atoms with Gasteiger partial charge in [0.25, 0.3) is 5.91 Å². The first kappa shape index (κ1) is 25.9. The molecule has 1 saturated heterocycles. The Kier molecular flexibility index (Phi) is 7.86. The molecule has 0 radical (unpaired) electrons. The van der Waals surface area contributed by atoms with E-state index in [9.17, 15) is 22.8 Å². The van der Waals surface area contributed by atoms with Crippen molar-refractivity contribution < 1.29 is 37.0 Å². The molecular weight excluding hydrogens is 489 g/mol. The number of piperidine rings is 1. The maximum Gasteiger partial charge on any atom is 0.573 e. The zero-order valence-electron chi connectivity index (χ0n) is 20.0. The molecule has 1 aliphatic rings. The second-order valence-corrected chi connectivity index (χ2v) is 8.37. The van der Waals surface area contributed by atoms with Crippen molar-refractivity contribution in [3.8, 4) is 22.6 Å². The summed E-state index contributed by atoms with van der Waals surface area (Å²) >= 11 is 0. The van der Waals surface area contributed by atoms with Crippen molar-refractivity contribution in [2.45, 2.75) is 25.3 Å². The van der Waals surface area contributed by atoms with Crippen LogP contribution >= 0.6 is 0 Å².